The Balaban J connectivity index is 2.28. The fourth-order valence-corrected chi connectivity index (χ4v) is 2.89. The van der Waals surface area contributed by atoms with Crippen molar-refractivity contribution in [1.29, 1.82) is 5.26 Å². The second kappa shape index (κ2) is 4.34. The highest BCUT2D eigenvalue weighted by Crippen LogP contribution is 2.22. The number of rotatable bonds is 1. The van der Waals surface area contributed by atoms with Crippen molar-refractivity contribution >= 4 is 21.6 Å². The first-order chi connectivity index (χ1) is 9.20. The second-order valence-corrected chi connectivity index (χ2v) is 4.95. The summed E-state index contributed by atoms with van der Waals surface area (Å²) >= 11 is 1.19. The van der Waals surface area contributed by atoms with E-state index in [9.17, 15) is 9.18 Å². The minimum atomic E-state index is -0.576. The van der Waals surface area contributed by atoms with Crippen molar-refractivity contribution in [2.24, 2.45) is 0 Å². The largest absolute Gasteiger partial charge is 0.273 e. The maximum Gasteiger partial charge on any atom is 0.273 e. The zero-order chi connectivity index (χ0) is 13.4. The lowest BCUT2D eigenvalue weighted by molar-refractivity contribution is 0.620. The molecule has 0 atom stereocenters. The van der Waals surface area contributed by atoms with Gasteiger partial charge in [0, 0.05) is 0 Å². The van der Waals surface area contributed by atoms with Gasteiger partial charge < -0.3 is 0 Å². The summed E-state index contributed by atoms with van der Waals surface area (Å²) in [6.45, 7) is 0. The molecule has 1 aromatic heterocycles. The molecule has 0 fully saturated rings. The monoisotopic (exact) mass is 270 g/mol. The van der Waals surface area contributed by atoms with E-state index < -0.39 is 5.82 Å². The lowest BCUT2D eigenvalue weighted by atomic mass is 10.2. The molecule has 0 aliphatic heterocycles. The van der Waals surface area contributed by atoms with Crippen LogP contribution in [0.25, 0.3) is 15.8 Å². The standard InChI is InChI=1S/C14H7FN2OS/c15-11-7-9(8-16)5-6-12(11)17-14(18)10-3-1-2-4-13(10)19-17/h1-7H. The van der Waals surface area contributed by atoms with Crippen molar-refractivity contribution in [2.45, 2.75) is 0 Å². The van der Waals surface area contributed by atoms with E-state index >= 15 is 0 Å². The third-order valence-corrected chi connectivity index (χ3v) is 3.88. The Morgan fingerprint density at radius 2 is 2.00 bits per heavy atom. The Hall–Kier alpha value is -2.45. The number of benzene rings is 2. The molecule has 2 aromatic carbocycles. The zero-order valence-corrected chi connectivity index (χ0v) is 10.4. The first-order valence-corrected chi connectivity index (χ1v) is 6.29. The highest BCUT2D eigenvalue weighted by atomic mass is 32.1. The highest BCUT2D eigenvalue weighted by Gasteiger charge is 2.12. The van der Waals surface area contributed by atoms with Gasteiger partial charge in [-0.05, 0) is 30.3 Å². The maximum atomic E-state index is 13.9. The summed E-state index contributed by atoms with van der Waals surface area (Å²) in [5, 5.41) is 9.28. The van der Waals surface area contributed by atoms with Crippen LogP contribution in [0, 0.1) is 17.1 Å². The molecule has 0 radical (unpaired) electrons. The van der Waals surface area contributed by atoms with Crippen molar-refractivity contribution in [3.63, 3.8) is 0 Å². The van der Waals surface area contributed by atoms with Crippen molar-refractivity contribution < 1.29 is 4.39 Å². The van der Waals surface area contributed by atoms with Gasteiger partial charge >= 0.3 is 0 Å². The summed E-state index contributed by atoms with van der Waals surface area (Å²) in [6.07, 6.45) is 0. The number of hydrogen-bond acceptors (Lipinski definition) is 3. The summed E-state index contributed by atoms with van der Waals surface area (Å²) in [4.78, 5) is 12.2. The molecule has 0 aliphatic carbocycles. The van der Waals surface area contributed by atoms with Crippen molar-refractivity contribution in [3.05, 3.63) is 64.2 Å². The van der Waals surface area contributed by atoms with Crippen molar-refractivity contribution in [3.8, 4) is 11.8 Å². The summed E-state index contributed by atoms with van der Waals surface area (Å²) in [5.74, 6) is -0.576. The fourth-order valence-electron chi connectivity index (χ4n) is 1.87. The average Bonchev–Trinajstić information content (AvgIpc) is 2.76. The molecular formula is C14H7FN2OS. The van der Waals surface area contributed by atoms with Gasteiger partial charge in [0.1, 0.15) is 5.82 Å². The van der Waals surface area contributed by atoms with Gasteiger partial charge in [-0.25, -0.2) is 8.35 Å². The molecule has 0 aliphatic rings. The molecular weight excluding hydrogens is 263 g/mol. The van der Waals surface area contributed by atoms with Crippen molar-refractivity contribution in [1.82, 2.24) is 3.96 Å². The fraction of sp³-hybridized carbons (Fsp3) is 0. The van der Waals surface area contributed by atoms with Gasteiger partial charge in [0.2, 0.25) is 0 Å². The van der Waals surface area contributed by atoms with Crippen LogP contribution in [-0.2, 0) is 0 Å². The average molecular weight is 270 g/mol. The van der Waals surface area contributed by atoms with Gasteiger partial charge in [0.05, 0.1) is 27.4 Å². The Labute approximate surface area is 111 Å². The van der Waals surface area contributed by atoms with E-state index in [1.807, 2.05) is 18.2 Å². The normalized spacial score (nSPS) is 10.5. The highest BCUT2D eigenvalue weighted by molar-refractivity contribution is 7.14. The van der Waals surface area contributed by atoms with Crippen LogP contribution in [0.1, 0.15) is 5.56 Å². The van der Waals surface area contributed by atoms with Gasteiger partial charge in [-0.3, -0.25) is 4.79 Å². The summed E-state index contributed by atoms with van der Waals surface area (Å²) < 4.78 is 16.0. The Bertz CT molecular complexity index is 873. The van der Waals surface area contributed by atoms with E-state index in [1.165, 1.54) is 27.6 Å². The molecule has 3 aromatic rings. The topological polar surface area (TPSA) is 45.8 Å². The zero-order valence-electron chi connectivity index (χ0n) is 9.63. The summed E-state index contributed by atoms with van der Waals surface area (Å²) in [7, 11) is 0. The minimum Gasteiger partial charge on any atom is -0.267 e. The number of nitrogens with zero attached hydrogens (tertiary/aromatic N) is 2. The maximum absolute atomic E-state index is 13.9. The number of halogens is 1. The Kier molecular flexibility index (Phi) is 2.65. The van der Waals surface area contributed by atoms with Crippen molar-refractivity contribution in [2.75, 3.05) is 0 Å². The molecule has 0 N–H and O–H groups in total. The smallest absolute Gasteiger partial charge is 0.267 e. The van der Waals surface area contributed by atoms with Gasteiger partial charge in [0.15, 0.2) is 0 Å². The number of aromatic nitrogens is 1. The molecule has 5 heteroatoms. The molecule has 0 amide bonds. The predicted octanol–water partition coefficient (Wildman–Crippen LogP) is 3.06. The first kappa shape index (κ1) is 11.6. The molecule has 3 rings (SSSR count). The molecule has 92 valence electrons. The van der Waals surface area contributed by atoms with Crippen LogP contribution in [0.4, 0.5) is 4.39 Å². The van der Waals surface area contributed by atoms with Crippen LogP contribution in [-0.4, -0.2) is 3.96 Å². The number of nitriles is 1. The second-order valence-electron chi connectivity index (χ2n) is 3.96. The van der Waals surface area contributed by atoms with Gasteiger partial charge in [-0.15, -0.1) is 0 Å². The molecule has 0 saturated heterocycles. The number of fused-ring (bicyclic) bond motifs is 1. The van der Waals surface area contributed by atoms with Crippen LogP contribution < -0.4 is 5.56 Å². The van der Waals surface area contributed by atoms with E-state index in [2.05, 4.69) is 0 Å². The molecule has 0 unspecified atom stereocenters. The van der Waals surface area contributed by atoms with Gasteiger partial charge in [0.25, 0.3) is 5.56 Å². The molecule has 1 heterocycles. The van der Waals surface area contributed by atoms with E-state index in [4.69, 9.17) is 5.26 Å². The lowest BCUT2D eigenvalue weighted by Crippen LogP contribution is -2.12. The SMILES string of the molecule is N#Cc1ccc(-n2sc3ccccc3c2=O)c(F)c1. The third kappa shape index (κ3) is 1.83. The van der Waals surface area contributed by atoms with Gasteiger partial charge in [-0.2, -0.15) is 5.26 Å². The molecule has 0 bridgehead atoms. The third-order valence-electron chi connectivity index (χ3n) is 2.79. The van der Waals surface area contributed by atoms with Crippen LogP contribution in [0.2, 0.25) is 0 Å². The predicted molar refractivity (Wildman–Crippen MR) is 72.1 cm³/mol. The van der Waals surface area contributed by atoms with Crippen LogP contribution >= 0.6 is 11.5 Å². The van der Waals surface area contributed by atoms with E-state index in [1.54, 1.807) is 12.1 Å². The molecule has 19 heavy (non-hydrogen) atoms. The van der Waals surface area contributed by atoms with Crippen LogP contribution in [0.5, 0.6) is 0 Å². The summed E-state index contributed by atoms with van der Waals surface area (Å²) in [5.41, 5.74) is 0.157. The Morgan fingerprint density at radius 3 is 2.68 bits per heavy atom. The number of hydrogen-bond donors (Lipinski definition) is 0. The lowest BCUT2D eigenvalue weighted by Gasteiger charge is -2.01. The molecule has 3 nitrogen and oxygen atoms in total. The van der Waals surface area contributed by atoms with Crippen LogP contribution in [0.3, 0.4) is 0 Å². The molecule has 0 saturated carbocycles. The van der Waals surface area contributed by atoms with E-state index in [0.717, 1.165) is 10.8 Å². The summed E-state index contributed by atoms with van der Waals surface area (Å²) in [6, 6.07) is 13.1. The molecule has 0 spiro atoms. The van der Waals surface area contributed by atoms with Crippen LogP contribution in [0.15, 0.2) is 47.3 Å². The van der Waals surface area contributed by atoms with Gasteiger partial charge in [-0.1, -0.05) is 23.7 Å². The first-order valence-electron chi connectivity index (χ1n) is 5.52. The Morgan fingerprint density at radius 1 is 1.21 bits per heavy atom. The van der Waals surface area contributed by atoms with E-state index in [-0.39, 0.29) is 16.8 Å². The quantitative estimate of drug-likeness (QED) is 0.682. The van der Waals surface area contributed by atoms with E-state index in [0.29, 0.717) is 5.39 Å². The minimum absolute atomic E-state index is 0.171.